The number of aryl methyl sites for hydroxylation is 1. The molecular formula is C17H20N2O2. The van der Waals surface area contributed by atoms with Crippen LogP contribution in [0.5, 0.6) is 5.75 Å². The molecule has 21 heavy (non-hydrogen) atoms. The molecule has 1 heterocycles. The summed E-state index contributed by atoms with van der Waals surface area (Å²) < 4.78 is 5.49. The van der Waals surface area contributed by atoms with Gasteiger partial charge in [0, 0.05) is 23.9 Å². The van der Waals surface area contributed by atoms with Gasteiger partial charge in [-0.3, -0.25) is 9.78 Å². The number of aromatic nitrogens is 1. The molecule has 0 amide bonds. The lowest BCUT2D eigenvalue weighted by Crippen LogP contribution is -2.03. The van der Waals surface area contributed by atoms with Crippen molar-refractivity contribution in [1.29, 1.82) is 0 Å². The van der Waals surface area contributed by atoms with E-state index in [9.17, 15) is 4.79 Å². The fourth-order valence-electron chi connectivity index (χ4n) is 2.02. The molecule has 0 saturated heterocycles. The number of pyridine rings is 1. The normalized spacial score (nSPS) is 10.3. The lowest BCUT2D eigenvalue weighted by Gasteiger charge is -2.06. The van der Waals surface area contributed by atoms with Crippen molar-refractivity contribution in [2.45, 2.75) is 26.2 Å². The van der Waals surface area contributed by atoms with Crippen LogP contribution in [-0.2, 0) is 6.42 Å². The summed E-state index contributed by atoms with van der Waals surface area (Å²) in [6.07, 6.45) is 5.24. The maximum Gasteiger partial charge on any atom is 0.164 e. The predicted octanol–water partition coefficient (Wildman–Crippen LogP) is 3.27. The predicted molar refractivity (Wildman–Crippen MR) is 83.5 cm³/mol. The van der Waals surface area contributed by atoms with Crippen molar-refractivity contribution in [3.8, 4) is 5.75 Å². The topological polar surface area (TPSA) is 65.2 Å². The van der Waals surface area contributed by atoms with Crippen molar-refractivity contribution in [3.63, 3.8) is 0 Å². The highest BCUT2D eigenvalue weighted by atomic mass is 16.5. The third-order valence-corrected chi connectivity index (χ3v) is 3.10. The van der Waals surface area contributed by atoms with Gasteiger partial charge in [0.15, 0.2) is 5.78 Å². The molecule has 0 spiro atoms. The highest BCUT2D eigenvalue weighted by Gasteiger charge is 2.08. The van der Waals surface area contributed by atoms with Crippen LogP contribution in [0, 0.1) is 0 Å². The minimum Gasteiger partial charge on any atom is -0.492 e. The summed E-state index contributed by atoms with van der Waals surface area (Å²) in [6.45, 7) is 2.66. The lowest BCUT2D eigenvalue weighted by molar-refractivity contribution is 0.0982. The highest BCUT2D eigenvalue weighted by molar-refractivity contribution is 5.96. The third kappa shape index (κ3) is 4.60. The van der Waals surface area contributed by atoms with E-state index in [0.29, 0.717) is 30.8 Å². The Morgan fingerprint density at radius 2 is 2.14 bits per heavy atom. The Morgan fingerprint density at radius 1 is 1.29 bits per heavy atom. The Hall–Kier alpha value is -2.36. The van der Waals surface area contributed by atoms with Crippen molar-refractivity contribution in [1.82, 2.24) is 4.98 Å². The SMILES string of the molecule is CCCOc1cncc(C(=O)CCc2cccc(N)c2)c1. The van der Waals surface area contributed by atoms with Crippen LogP contribution in [-0.4, -0.2) is 17.4 Å². The van der Waals surface area contributed by atoms with Crippen LogP contribution in [0.25, 0.3) is 0 Å². The first-order chi connectivity index (χ1) is 10.2. The van der Waals surface area contributed by atoms with Crippen LogP contribution >= 0.6 is 0 Å². The van der Waals surface area contributed by atoms with Gasteiger partial charge in [0.05, 0.1) is 12.8 Å². The molecule has 0 radical (unpaired) electrons. The lowest BCUT2D eigenvalue weighted by atomic mass is 10.0. The molecule has 1 aromatic carbocycles. The molecule has 2 N–H and O–H groups in total. The van der Waals surface area contributed by atoms with E-state index >= 15 is 0 Å². The maximum atomic E-state index is 12.2. The molecule has 0 aliphatic carbocycles. The minimum absolute atomic E-state index is 0.0619. The molecule has 4 heteroatoms. The number of hydrogen-bond acceptors (Lipinski definition) is 4. The number of rotatable bonds is 7. The first-order valence-corrected chi connectivity index (χ1v) is 7.14. The van der Waals surface area contributed by atoms with Crippen LogP contribution < -0.4 is 10.5 Å². The zero-order valence-corrected chi connectivity index (χ0v) is 12.2. The summed E-state index contributed by atoms with van der Waals surface area (Å²) in [5, 5.41) is 0. The summed E-state index contributed by atoms with van der Waals surface area (Å²) in [5.41, 5.74) is 8.10. The molecule has 0 aliphatic rings. The number of Topliss-reactive ketones (excluding diaryl/α,β-unsaturated/α-hetero) is 1. The third-order valence-electron chi connectivity index (χ3n) is 3.10. The van der Waals surface area contributed by atoms with E-state index in [1.54, 1.807) is 18.5 Å². The van der Waals surface area contributed by atoms with Crippen molar-refractivity contribution in [2.75, 3.05) is 12.3 Å². The van der Waals surface area contributed by atoms with Crippen LogP contribution in [0.2, 0.25) is 0 Å². The number of carbonyl (C=O) groups excluding carboxylic acids is 1. The molecule has 0 bridgehead atoms. The average molecular weight is 284 g/mol. The Kier molecular flexibility index (Phi) is 5.32. The van der Waals surface area contributed by atoms with Gasteiger partial charge >= 0.3 is 0 Å². The Morgan fingerprint density at radius 3 is 2.90 bits per heavy atom. The van der Waals surface area contributed by atoms with Gasteiger partial charge in [-0.2, -0.15) is 0 Å². The number of hydrogen-bond donors (Lipinski definition) is 1. The number of benzene rings is 1. The molecule has 1 aromatic heterocycles. The number of nitrogens with zero attached hydrogens (tertiary/aromatic N) is 1. The van der Waals surface area contributed by atoms with E-state index in [2.05, 4.69) is 4.98 Å². The minimum atomic E-state index is 0.0619. The molecule has 2 rings (SSSR count). The van der Waals surface area contributed by atoms with E-state index < -0.39 is 0 Å². The zero-order valence-electron chi connectivity index (χ0n) is 12.2. The first-order valence-electron chi connectivity index (χ1n) is 7.14. The zero-order chi connectivity index (χ0) is 15.1. The van der Waals surface area contributed by atoms with E-state index in [1.807, 2.05) is 31.2 Å². The van der Waals surface area contributed by atoms with E-state index in [0.717, 1.165) is 17.7 Å². The monoisotopic (exact) mass is 284 g/mol. The van der Waals surface area contributed by atoms with Crippen molar-refractivity contribution in [2.24, 2.45) is 0 Å². The number of carbonyl (C=O) groups is 1. The van der Waals surface area contributed by atoms with Crippen molar-refractivity contribution < 1.29 is 9.53 Å². The number of ketones is 1. The molecule has 4 nitrogen and oxygen atoms in total. The summed E-state index contributed by atoms with van der Waals surface area (Å²) in [5.74, 6) is 0.707. The van der Waals surface area contributed by atoms with Gasteiger partial charge < -0.3 is 10.5 Å². The molecular weight excluding hydrogens is 264 g/mol. The summed E-state index contributed by atoms with van der Waals surface area (Å²) in [4.78, 5) is 16.3. The van der Waals surface area contributed by atoms with Gasteiger partial charge in [-0.05, 0) is 36.6 Å². The van der Waals surface area contributed by atoms with Gasteiger partial charge in [-0.1, -0.05) is 19.1 Å². The standard InChI is InChI=1S/C17H20N2O2/c1-2-8-21-16-10-14(11-19-12-16)17(20)7-6-13-4-3-5-15(18)9-13/h3-5,9-12H,2,6-8,18H2,1H3. The van der Waals surface area contributed by atoms with Gasteiger partial charge in [0.25, 0.3) is 0 Å². The van der Waals surface area contributed by atoms with Crippen LogP contribution in [0.1, 0.15) is 35.7 Å². The number of nitrogens with two attached hydrogens (primary N) is 1. The van der Waals surface area contributed by atoms with Crippen molar-refractivity contribution in [3.05, 3.63) is 53.9 Å². The van der Waals surface area contributed by atoms with Gasteiger partial charge in [0.1, 0.15) is 5.75 Å². The highest BCUT2D eigenvalue weighted by Crippen LogP contribution is 2.15. The van der Waals surface area contributed by atoms with Gasteiger partial charge in [-0.15, -0.1) is 0 Å². The fourth-order valence-corrected chi connectivity index (χ4v) is 2.02. The Labute approximate surface area is 125 Å². The second kappa shape index (κ2) is 7.43. The summed E-state index contributed by atoms with van der Waals surface area (Å²) >= 11 is 0. The van der Waals surface area contributed by atoms with Crippen LogP contribution in [0.4, 0.5) is 5.69 Å². The molecule has 0 unspecified atom stereocenters. The van der Waals surface area contributed by atoms with Gasteiger partial charge in [-0.25, -0.2) is 0 Å². The Bertz CT molecular complexity index is 611. The smallest absolute Gasteiger partial charge is 0.164 e. The first kappa shape index (κ1) is 15.0. The molecule has 2 aromatic rings. The molecule has 110 valence electrons. The molecule has 0 saturated carbocycles. The number of nitrogen functional groups attached to an aromatic ring is 1. The second-order valence-corrected chi connectivity index (χ2v) is 4.93. The summed E-state index contributed by atoms with van der Waals surface area (Å²) in [6, 6.07) is 9.36. The van der Waals surface area contributed by atoms with Crippen LogP contribution in [0.15, 0.2) is 42.7 Å². The maximum absolute atomic E-state index is 12.2. The van der Waals surface area contributed by atoms with Crippen molar-refractivity contribution >= 4 is 11.5 Å². The molecule has 0 aliphatic heterocycles. The second-order valence-electron chi connectivity index (χ2n) is 4.93. The largest absolute Gasteiger partial charge is 0.492 e. The average Bonchev–Trinajstić information content (AvgIpc) is 2.51. The quantitative estimate of drug-likeness (QED) is 0.626. The Balaban J connectivity index is 1.96. The van der Waals surface area contributed by atoms with E-state index in [4.69, 9.17) is 10.5 Å². The van der Waals surface area contributed by atoms with E-state index in [-0.39, 0.29) is 5.78 Å². The summed E-state index contributed by atoms with van der Waals surface area (Å²) in [7, 11) is 0. The molecule has 0 fully saturated rings. The van der Waals surface area contributed by atoms with E-state index in [1.165, 1.54) is 0 Å². The van der Waals surface area contributed by atoms with Gasteiger partial charge in [0.2, 0.25) is 0 Å². The number of anilines is 1. The fraction of sp³-hybridized carbons (Fsp3) is 0.294. The van der Waals surface area contributed by atoms with Crippen LogP contribution in [0.3, 0.4) is 0 Å². The molecule has 0 atom stereocenters. The number of ether oxygens (including phenoxy) is 1.